The summed E-state index contributed by atoms with van der Waals surface area (Å²) in [5.74, 6) is 0. The highest BCUT2D eigenvalue weighted by Crippen LogP contribution is 2.21. The van der Waals surface area contributed by atoms with Crippen LogP contribution in [0, 0.1) is 6.92 Å². The molecule has 1 aliphatic rings. The molecular weight excluding hydrogens is 270 g/mol. The van der Waals surface area contributed by atoms with Crippen molar-refractivity contribution in [3.8, 4) is 0 Å². The maximum atomic E-state index is 12.2. The number of aromatic nitrogens is 1. The van der Waals surface area contributed by atoms with Gasteiger partial charge < -0.3 is 5.73 Å². The summed E-state index contributed by atoms with van der Waals surface area (Å²) in [5, 5.41) is 0.750. The van der Waals surface area contributed by atoms with Crippen molar-refractivity contribution in [1.29, 1.82) is 0 Å². The van der Waals surface area contributed by atoms with E-state index in [-0.39, 0.29) is 16.3 Å². The Morgan fingerprint density at radius 1 is 1.39 bits per heavy atom. The molecule has 1 aromatic rings. The van der Waals surface area contributed by atoms with Crippen molar-refractivity contribution in [2.75, 3.05) is 0 Å². The van der Waals surface area contributed by atoms with Gasteiger partial charge in [-0.15, -0.1) is 11.3 Å². The third-order valence-corrected chi connectivity index (χ3v) is 6.10. The normalized spacial score (nSPS) is 25.9. The van der Waals surface area contributed by atoms with Gasteiger partial charge in [0.2, 0.25) is 0 Å². The Bertz CT molecular complexity index is 498. The molecule has 2 atom stereocenters. The Balaban J connectivity index is 2.11. The van der Waals surface area contributed by atoms with Crippen molar-refractivity contribution in [2.45, 2.75) is 55.3 Å². The van der Waals surface area contributed by atoms with E-state index in [0.29, 0.717) is 0 Å². The number of aryl methyl sites for hydroxylation is 1. The monoisotopic (exact) mass is 289 g/mol. The Hall–Kier alpha value is -0.500. The molecule has 1 heterocycles. The number of nitrogens with two attached hydrogens (primary N) is 1. The second-order valence-electron chi connectivity index (χ2n) is 4.73. The molecule has 0 aliphatic heterocycles. The summed E-state index contributed by atoms with van der Waals surface area (Å²) >= 11 is 1.19. The SMILES string of the molecule is Cc1ncc(S(=O)(=O)NC2CCCCCC2N)s1. The summed E-state index contributed by atoms with van der Waals surface area (Å²) in [7, 11) is -3.46. The average molecular weight is 289 g/mol. The Morgan fingerprint density at radius 2 is 2.11 bits per heavy atom. The first-order valence-corrected chi connectivity index (χ1v) is 8.49. The molecule has 7 heteroatoms. The first-order chi connectivity index (χ1) is 8.49. The molecule has 0 saturated heterocycles. The number of sulfonamides is 1. The molecule has 1 saturated carbocycles. The smallest absolute Gasteiger partial charge is 0.251 e. The summed E-state index contributed by atoms with van der Waals surface area (Å²) in [6, 6.07) is -0.240. The second kappa shape index (κ2) is 5.64. The minimum atomic E-state index is -3.46. The minimum Gasteiger partial charge on any atom is -0.326 e. The average Bonchev–Trinajstić information content (AvgIpc) is 2.65. The van der Waals surface area contributed by atoms with E-state index >= 15 is 0 Å². The van der Waals surface area contributed by atoms with Crippen molar-refractivity contribution in [3.05, 3.63) is 11.2 Å². The maximum absolute atomic E-state index is 12.2. The fourth-order valence-corrected chi connectivity index (χ4v) is 4.65. The molecule has 1 fully saturated rings. The number of thiazole rings is 1. The van der Waals surface area contributed by atoms with Crippen LogP contribution in [0.3, 0.4) is 0 Å². The number of nitrogens with zero attached hydrogens (tertiary/aromatic N) is 1. The molecule has 2 unspecified atom stereocenters. The lowest BCUT2D eigenvalue weighted by atomic mass is 10.1. The van der Waals surface area contributed by atoms with Gasteiger partial charge in [-0.2, -0.15) is 0 Å². The fraction of sp³-hybridized carbons (Fsp3) is 0.727. The van der Waals surface area contributed by atoms with E-state index in [2.05, 4.69) is 9.71 Å². The van der Waals surface area contributed by atoms with E-state index in [4.69, 9.17) is 5.73 Å². The van der Waals surface area contributed by atoms with Gasteiger partial charge in [0.1, 0.15) is 0 Å². The van der Waals surface area contributed by atoms with Crippen LogP contribution in [0.15, 0.2) is 10.4 Å². The highest BCUT2D eigenvalue weighted by molar-refractivity contribution is 7.91. The van der Waals surface area contributed by atoms with Crippen LogP contribution < -0.4 is 10.5 Å². The Kier molecular flexibility index (Phi) is 4.37. The van der Waals surface area contributed by atoms with E-state index in [1.807, 2.05) is 0 Å². The number of nitrogens with one attached hydrogen (secondary N) is 1. The lowest BCUT2D eigenvalue weighted by molar-refractivity contribution is 0.456. The Morgan fingerprint density at radius 3 is 2.78 bits per heavy atom. The van der Waals surface area contributed by atoms with E-state index in [1.54, 1.807) is 6.92 Å². The van der Waals surface area contributed by atoms with Crippen molar-refractivity contribution in [3.63, 3.8) is 0 Å². The molecule has 0 aromatic carbocycles. The summed E-state index contributed by atoms with van der Waals surface area (Å²) in [4.78, 5) is 3.98. The van der Waals surface area contributed by atoms with Gasteiger partial charge in [-0.3, -0.25) is 0 Å². The van der Waals surface area contributed by atoms with Gasteiger partial charge in [0.15, 0.2) is 4.21 Å². The zero-order valence-corrected chi connectivity index (χ0v) is 12.1. The van der Waals surface area contributed by atoms with Crippen molar-refractivity contribution >= 4 is 21.4 Å². The standard InChI is InChI=1S/C11H19N3O2S2/c1-8-13-7-11(17-8)18(15,16)14-10-6-4-2-3-5-9(10)12/h7,9-10,14H,2-6,12H2,1H3. The van der Waals surface area contributed by atoms with E-state index < -0.39 is 10.0 Å². The van der Waals surface area contributed by atoms with Crippen LogP contribution in [-0.2, 0) is 10.0 Å². The first kappa shape index (κ1) is 13.9. The van der Waals surface area contributed by atoms with Crippen LogP contribution in [0.5, 0.6) is 0 Å². The molecule has 5 nitrogen and oxygen atoms in total. The number of rotatable bonds is 3. The lowest BCUT2D eigenvalue weighted by Gasteiger charge is -2.21. The summed E-state index contributed by atoms with van der Waals surface area (Å²) < 4.78 is 27.4. The van der Waals surface area contributed by atoms with E-state index in [1.165, 1.54) is 17.5 Å². The van der Waals surface area contributed by atoms with Gasteiger partial charge in [0.25, 0.3) is 10.0 Å². The summed E-state index contributed by atoms with van der Waals surface area (Å²) in [6.07, 6.45) is 6.35. The largest absolute Gasteiger partial charge is 0.326 e. The van der Waals surface area contributed by atoms with Gasteiger partial charge in [0, 0.05) is 12.1 Å². The minimum absolute atomic E-state index is 0.0868. The summed E-state index contributed by atoms with van der Waals surface area (Å²) in [5.41, 5.74) is 6.03. The van der Waals surface area contributed by atoms with Crippen molar-refractivity contribution in [2.24, 2.45) is 5.73 Å². The van der Waals surface area contributed by atoms with Crippen LogP contribution in [0.25, 0.3) is 0 Å². The van der Waals surface area contributed by atoms with E-state index in [0.717, 1.165) is 37.1 Å². The van der Waals surface area contributed by atoms with Gasteiger partial charge in [-0.1, -0.05) is 19.3 Å². The van der Waals surface area contributed by atoms with Crippen LogP contribution in [-0.4, -0.2) is 25.5 Å². The van der Waals surface area contributed by atoms with Crippen LogP contribution in [0.1, 0.15) is 37.1 Å². The molecule has 0 bridgehead atoms. The molecule has 18 heavy (non-hydrogen) atoms. The quantitative estimate of drug-likeness (QED) is 0.823. The van der Waals surface area contributed by atoms with Crippen LogP contribution in [0.2, 0.25) is 0 Å². The predicted molar refractivity (Wildman–Crippen MR) is 72.0 cm³/mol. The zero-order chi connectivity index (χ0) is 13.2. The molecule has 1 aliphatic carbocycles. The molecule has 0 spiro atoms. The van der Waals surface area contributed by atoms with Crippen molar-refractivity contribution < 1.29 is 8.42 Å². The first-order valence-electron chi connectivity index (χ1n) is 6.19. The predicted octanol–water partition coefficient (Wildman–Crippen LogP) is 1.39. The summed E-state index contributed by atoms with van der Waals surface area (Å²) in [6.45, 7) is 1.79. The fourth-order valence-electron chi connectivity index (χ4n) is 2.21. The van der Waals surface area contributed by atoms with Crippen LogP contribution in [0.4, 0.5) is 0 Å². The molecule has 1 aromatic heterocycles. The molecule has 0 amide bonds. The van der Waals surface area contributed by atoms with Gasteiger partial charge in [0.05, 0.1) is 11.2 Å². The maximum Gasteiger partial charge on any atom is 0.251 e. The highest BCUT2D eigenvalue weighted by Gasteiger charge is 2.27. The zero-order valence-electron chi connectivity index (χ0n) is 10.4. The highest BCUT2D eigenvalue weighted by atomic mass is 32.2. The molecule has 102 valence electrons. The number of hydrogen-bond donors (Lipinski definition) is 2. The third kappa shape index (κ3) is 3.28. The molecule has 0 radical (unpaired) electrons. The van der Waals surface area contributed by atoms with Gasteiger partial charge in [-0.25, -0.2) is 18.1 Å². The molecule has 2 rings (SSSR count). The van der Waals surface area contributed by atoms with Gasteiger partial charge >= 0.3 is 0 Å². The number of hydrogen-bond acceptors (Lipinski definition) is 5. The third-order valence-electron chi connectivity index (χ3n) is 3.24. The van der Waals surface area contributed by atoms with Crippen LogP contribution >= 0.6 is 11.3 Å². The second-order valence-corrected chi connectivity index (χ2v) is 7.90. The Labute approximate surface area is 112 Å². The molecular formula is C11H19N3O2S2. The van der Waals surface area contributed by atoms with E-state index in [9.17, 15) is 8.42 Å². The molecule has 3 N–H and O–H groups in total. The van der Waals surface area contributed by atoms with Crippen molar-refractivity contribution in [1.82, 2.24) is 9.71 Å². The lowest BCUT2D eigenvalue weighted by Crippen LogP contribution is -2.46. The van der Waals surface area contributed by atoms with Gasteiger partial charge in [-0.05, 0) is 19.8 Å². The topological polar surface area (TPSA) is 85.1 Å².